The van der Waals surface area contributed by atoms with Crippen molar-refractivity contribution in [3.63, 3.8) is 0 Å². The Labute approximate surface area is 107 Å². The molecule has 0 saturated carbocycles. The van der Waals surface area contributed by atoms with E-state index in [0.717, 1.165) is 0 Å². The zero-order valence-electron chi connectivity index (χ0n) is 8.86. The Hall–Kier alpha value is -1.43. The second kappa shape index (κ2) is 6.95. The summed E-state index contributed by atoms with van der Waals surface area (Å²) >= 11 is 0. The first-order valence-corrected chi connectivity index (χ1v) is 5.07. The number of hydrogen-bond acceptors (Lipinski definition) is 0. The van der Waals surface area contributed by atoms with Crippen molar-refractivity contribution in [1.29, 1.82) is 0 Å². The monoisotopic (exact) mass is 249 g/mol. The fourth-order valence-electron chi connectivity index (χ4n) is 1.45. The molecule has 0 radical (unpaired) electrons. The van der Waals surface area contributed by atoms with Crippen LogP contribution in [0.25, 0.3) is 10.8 Å². The average molecular weight is 249 g/mol. The summed E-state index contributed by atoms with van der Waals surface area (Å²) in [7, 11) is 0. The molecule has 0 aromatic heterocycles. The molecule has 0 aliphatic heterocycles. The van der Waals surface area contributed by atoms with Crippen molar-refractivity contribution in [2.24, 2.45) is 0 Å². The van der Waals surface area contributed by atoms with Crippen LogP contribution in [0.5, 0.6) is 0 Å². The van der Waals surface area contributed by atoms with E-state index in [-0.39, 0.29) is 17.1 Å². The van der Waals surface area contributed by atoms with Gasteiger partial charge in [-0.3, -0.25) is 0 Å². The van der Waals surface area contributed by atoms with Gasteiger partial charge in [-0.05, 0) is 10.8 Å². The first-order valence-electron chi connectivity index (χ1n) is 5.07. The van der Waals surface area contributed by atoms with E-state index in [0.29, 0.717) is 0 Å². The molecule has 0 aliphatic rings. The van der Waals surface area contributed by atoms with Crippen LogP contribution in [0.3, 0.4) is 0 Å². The Balaban J connectivity index is 0.000000183. The Morgan fingerprint density at radius 3 is 1.19 bits per heavy atom. The molecule has 0 spiro atoms. The van der Waals surface area contributed by atoms with Crippen LogP contribution in [0, 0.1) is 0 Å². The van der Waals surface area contributed by atoms with Gasteiger partial charge in [0.15, 0.2) is 0 Å². The van der Waals surface area contributed by atoms with Gasteiger partial charge in [-0.2, -0.15) is 18.2 Å². The average Bonchev–Trinajstić information content (AvgIpc) is 2.88. The van der Waals surface area contributed by atoms with Gasteiger partial charge in [-0.25, -0.2) is 12.1 Å². The summed E-state index contributed by atoms with van der Waals surface area (Å²) in [5, 5.41) is 2.62. The van der Waals surface area contributed by atoms with Crippen LogP contribution in [0.4, 0.5) is 0 Å². The molecule has 0 bridgehead atoms. The summed E-state index contributed by atoms with van der Waals surface area (Å²) in [5.74, 6) is 0. The first-order chi connectivity index (χ1) is 7.47. The third-order valence-corrected chi connectivity index (χ3v) is 2.21. The molecule has 0 aliphatic carbocycles. The van der Waals surface area contributed by atoms with E-state index in [9.17, 15) is 0 Å². The fourth-order valence-corrected chi connectivity index (χ4v) is 1.45. The standard InChI is InChI=1S/C10H8.C5H5.Fe/c1-2-6-10-8-4-3-7-9(10)5-1;1-2-4-5-3-1;/h1-8H;1-5H;/q;-1;. The Morgan fingerprint density at radius 2 is 0.938 bits per heavy atom. The SMILES string of the molecule is [Fe].c1cc[cH-]c1.c1ccc2ccccc2c1. The second-order valence-corrected chi connectivity index (χ2v) is 3.31. The molecule has 3 aromatic rings. The van der Waals surface area contributed by atoms with Crippen molar-refractivity contribution >= 4 is 10.8 Å². The molecule has 0 N–H and O–H groups in total. The Kier molecular flexibility index (Phi) is 5.49. The fraction of sp³-hybridized carbons (Fsp3) is 0. The minimum Gasteiger partial charge on any atom is -0.214 e. The molecule has 3 aromatic carbocycles. The van der Waals surface area contributed by atoms with E-state index >= 15 is 0 Å². The molecule has 82 valence electrons. The number of hydrogen-bond donors (Lipinski definition) is 0. The summed E-state index contributed by atoms with van der Waals surface area (Å²) in [6.45, 7) is 0. The summed E-state index contributed by atoms with van der Waals surface area (Å²) < 4.78 is 0. The summed E-state index contributed by atoms with van der Waals surface area (Å²) in [6, 6.07) is 26.7. The van der Waals surface area contributed by atoms with Crippen LogP contribution in [0.2, 0.25) is 0 Å². The van der Waals surface area contributed by atoms with Gasteiger partial charge < -0.3 is 0 Å². The van der Waals surface area contributed by atoms with E-state index in [1.165, 1.54) is 10.8 Å². The van der Waals surface area contributed by atoms with Crippen molar-refractivity contribution < 1.29 is 17.1 Å². The van der Waals surface area contributed by atoms with Gasteiger partial charge in [-0.1, -0.05) is 48.5 Å². The topological polar surface area (TPSA) is 0 Å². The van der Waals surface area contributed by atoms with Gasteiger partial charge in [0.05, 0.1) is 0 Å². The van der Waals surface area contributed by atoms with Gasteiger partial charge in [0.1, 0.15) is 0 Å². The van der Waals surface area contributed by atoms with Crippen molar-refractivity contribution in [3.05, 3.63) is 78.9 Å². The minimum atomic E-state index is 0. The van der Waals surface area contributed by atoms with Crippen LogP contribution < -0.4 is 0 Å². The van der Waals surface area contributed by atoms with Crippen molar-refractivity contribution in [2.45, 2.75) is 0 Å². The van der Waals surface area contributed by atoms with Crippen LogP contribution in [0.15, 0.2) is 78.9 Å². The third-order valence-electron chi connectivity index (χ3n) is 2.21. The van der Waals surface area contributed by atoms with Crippen molar-refractivity contribution in [2.75, 3.05) is 0 Å². The zero-order chi connectivity index (χ0) is 10.3. The zero-order valence-corrected chi connectivity index (χ0v) is 9.96. The molecule has 3 rings (SSSR count). The van der Waals surface area contributed by atoms with Gasteiger partial charge >= 0.3 is 0 Å². The molecule has 1 heteroatoms. The maximum absolute atomic E-state index is 2.12. The minimum absolute atomic E-state index is 0. The quantitative estimate of drug-likeness (QED) is 0.413. The van der Waals surface area contributed by atoms with Crippen LogP contribution in [-0.2, 0) is 17.1 Å². The third kappa shape index (κ3) is 3.62. The van der Waals surface area contributed by atoms with Crippen LogP contribution in [-0.4, -0.2) is 0 Å². The summed E-state index contributed by atoms with van der Waals surface area (Å²) in [5.41, 5.74) is 0. The first kappa shape index (κ1) is 12.6. The van der Waals surface area contributed by atoms with Gasteiger partial charge in [-0.15, -0.1) is 0 Å². The molecule has 0 nitrogen and oxygen atoms in total. The smallest absolute Gasteiger partial charge is 0 e. The predicted octanol–water partition coefficient (Wildman–Crippen LogP) is 4.24. The molecule has 0 saturated heterocycles. The molecule has 0 atom stereocenters. The van der Waals surface area contributed by atoms with E-state index in [1.807, 2.05) is 30.3 Å². The van der Waals surface area contributed by atoms with Crippen molar-refractivity contribution in [3.8, 4) is 0 Å². The van der Waals surface area contributed by atoms with E-state index in [4.69, 9.17) is 0 Å². The Bertz CT molecular complexity index is 415. The molecule has 16 heavy (non-hydrogen) atoms. The Morgan fingerprint density at radius 1 is 0.562 bits per heavy atom. The summed E-state index contributed by atoms with van der Waals surface area (Å²) in [6.07, 6.45) is 0. The maximum Gasteiger partial charge on any atom is 0 e. The largest absolute Gasteiger partial charge is 0.214 e. The number of fused-ring (bicyclic) bond motifs is 1. The van der Waals surface area contributed by atoms with E-state index in [1.54, 1.807) is 0 Å². The molecular formula is C15H13Fe-. The predicted molar refractivity (Wildman–Crippen MR) is 66.0 cm³/mol. The van der Waals surface area contributed by atoms with E-state index < -0.39 is 0 Å². The van der Waals surface area contributed by atoms with Gasteiger partial charge in [0.2, 0.25) is 0 Å². The molecule has 0 heterocycles. The van der Waals surface area contributed by atoms with Crippen LogP contribution in [0.1, 0.15) is 0 Å². The normalized spacial score (nSPS) is 8.75. The second-order valence-electron chi connectivity index (χ2n) is 3.31. The molecule has 0 unspecified atom stereocenters. The molecular weight excluding hydrogens is 236 g/mol. The van der Waals surface area contributed by atoms with E-state index in [2.05, 4.69) is 48.5 Å². The maximum atomic E-state index is 2.12. The number of benzene rings is 2. The molecule has 0 fully saturated rings. The van der Waals surface area contributed by atoms with Crippen molar-refractivity contribution in [1.82, 2.24) is 0 Å². The summed E-state index contributed by atoms with van der Waals surface area (Å²) in [4.78, 5) is 0. The van der Waals surface area contributed by atoms with Crippen LogP contribution >= 0.6 is 0 Å². The molecule has 0 amide bonds. The van der Waals surface area contributed by atoms with Gasteiger partial charge in [0.25, 0.3) is 0 Å². The van der Waals surface area contributed by atoms with Gasteiger partial charge in [0, 0.05) is 17.1 Å². The number of rotatable bonds is 0.